The molecule has 4 rings (SSSR count). The molecule has 156 valence electrons. The number of alkyl halides is 3. The smallest absolute Gasteiger partial charge is 0.422 e. The summed E-state index contributed by atoms with van der Waals surface area (Å²) in [5, 5.41) is 4.34. The van der Waals surface area contributed by atoms with E-state index in [0.29, 0.717) is 41.3 Å². The second-order valence-electron chi connectivity index (χ2n) is 7.51. The molecule has 2 heterocycles. The number of carbonyl (C=O) groups excluding carboxylic acids is 1. The molecular weight excluding hydrogens is 387 g/mol. The van der Waals surface area contributed by atoms with Crippen LogP contribution in [0.5, 0.6) is 5.75 Å². The molecule has 1 atom stereocenters. The first-order valence-electron chi connectivity index (χ1n) is 9.55. The Kier molecular flexibility index (Phi) is 4.92. The summed E-state index contributed by atoms with van der Waals surface area (Å²) in [6.07, 6.45) is 1.66. The summed E-state index contributed by atoms with van der Waals surface area (Å²) in [5.74, 6) is 0.149. The maximum absolute atomic E-state index is 12.9. The number of nitrogens with zero attached hydrogens (tertiary/aromatic N) is 3. The van der Waals surface area contributed by atoms with Gasteiger partial charge >= 0.3 is 12.3 Å². The van der Waals surface area contributed by atoms with Gasteiger partial charge in [-0.15, -0.1) is 0 Å². The van der Waals surface area contributed by atoms with Crippen molar-refractivity contribution in [1.82, 2.24) is 9.78 Å². The van der Waals surface area contributed by atoms with Gasteiger partial charge in [-0.05, 0) is 44.7 Å². The van der Waals surface area contributed by atoms with Gasteiger partial charge in [0.25, 0.3) is 0 Å². The van der Waals surface area contributed by atoms with Crippen molar-refractivity contribution < 1.29 is 27.4 Å². The number of methoxy groups -OCH3 is 1. The Labute approximate surface area is 166 Å². The SMILES string of the molecule is COC(=O)N1c2ccc(-c3cnn(C4CC4)c3)c(OCC(F)(F)F)c2CC[C@@H]1C. The highest BCUT2D eigenvalue weighted by Crippen LogP contribution is 2.44. The summed E-state index contributed by atoms with van der Waals surface area (Å²) in [7, 11) is 1.28. The number of ether oxygens (including phenoxy) is 2. The Morgan fingerprint density at radius 1 is 1.28 bits per heavy atom. The van der Waals surface area contributed by atoms with Gasteiger partial charge in [-0.25, -0.2) is 4.79 Å². The van der Waals surface area contributed by atoms with E-state index in [1.165, 1.54) is 12.0 Å². The molecule has 0 spiro atoms. The van der Waals surface area contributed by atoms with E-state index in [4.69, 9.17) is 9.47 Å². The largest absolute Gasteiger partial charge is 0.483 e. The van der Waals surface area contributed by atoms with Crippen LogP contribution in [0.15, 0.2) is 24.5 Å². The number of amides is 1. The molecule has 2 aromatic rings. The quantitative estimate of drug-likeness (QED) is 0.732. The Morgan fingerprint density at radius 2 is 2.03 bits per heavy atom. The van der Waals surface area contributed by atoms with E-state index < -0.39 is 18.9 Å². The van der Waals surface area contributed by atoms with Crippen LogP contribution in [0.3, 0.4) is 0 Å². The molecule has 2 aliphatic rings. The number of benzene rings is 1. The van der Waals surface area contributed by atoms with E-state index in [2.05, 4.69) is 5.10 Å². The zero-order chi connectivity index (χ0) is 20.8. The first-order chi connectivity index (χ1) is 13.8. The fourth-order valence-electron chi connectivity index (χ4n) is 3.74. The van der Waals surface area contributed by atoms with Gasteiger partial charge in [0.15, 0.2) is 6.61 Å². The Bertz CT molecular complexity index is 921. The highest BCUT2D eigenvalue weighted by molar-refractivity contribution is 5.92. The minimum Gasteiger partial charge on any atom is -0.483 e. The van der Waals surface area contributed by atoms with Crippen LogP contribution in [-0.2, 0) is 11.2 Å². The van der Waals surface area contributed by atoms with Gasteiger partial charge in [0.05, 0.1) is 25.0 Å². The molecule has 0 radical (unpaired) electrons. The summed E-state index contributed by atoms with van der Waals surface area (Å²) in [6, 6.07) is 3.66. The molecule has 1 aliphatic heterocycles. The number of hydrogen-bond acceptors (Lipinski definition) is 4. The zero-order valence-electron chi connectivity index (χ0n) is 16.2. The van der Waals surface area contributed by atoms with Crippen molar-refractivity contribution in [2.75, 3.05) is 18.6 Å². The summed E-state index contributed by atoms with van der Waals surface area (Å²) in [5.41, 5.74) is 2.33. The monoisotopic (exact) mass is 409 g/mol. The highest BCUT2D eigenvalue weighted by atomic mass is 19.4. The van der Waals surface area contributed by atoms with Gasteiger partial charge in [0.1, 0.15) is 5.75 Å². The Morgan fingerprint density at radius 3 is 2.69 bits per heavy atom. The standard InChI is InChI=1S/C20H22F3N3O3/c1-12-3-6-16-17(26(12)19(27)28-2)8-7-15(18(16)29-11-20(21,22)23)13-9-24-25(10-13)14-4-5-14/h7-10,12,14H,3-6,11H2,1-2H3/t12-/m0/s1. The average Bonchev–Trinajstić information content (AvgIpc) is 3.41. The van der Waals surface area contributed by atoms with E-state index in [1.54, 1.807) is 18.3 Å². The second-order valence-corrected chi connectivity index (χ2v) is 7.51. The lowest BCUT2D eigenvalue weighted by atomic mass is 9.92. The number of carbonyl (C=O) groups is 1. The predicted molar refractivity (Wildman–Crippen MR) is 100 cm³/mol. The normalized spacial score (nSPS) is 19.1. The van der Waals surface area contributed by atoms with Crippen LogP contribution < -0.4 is 9.64 Å². The van der Waals surface area contributed by atoms with Crippen LogP contribution in [0.2, 0.25) is 0 Å². The summed E-state index contributed by atoms with van der Waals surface area (Å²) < 4.78 is 50.8. The lowest BCUT2D eigenvalue weighted by Crippen LogP contribution is -2.42. The first-order valence-corrected chi connectivity index (χ1v) is 9.55. The number of hydrogen-bond donors (Lipinski definition) is 0. The molecule has 9 heteroatoms. The van der Waals surface area contributed by atoms with Crippen LogP contribution in [0.4, 0.5) is 23.7 Å². The van der Waals surface area contributed by atoms with Gasteiger partial charge in [-0.2, -0.15) is 18.3 Å². The van der Waals surface area contributed by atoms with Gasteiger partial charge < -0.3 is 9.47 Å². The molecule has 1 amide bonds. The van der Waals surface area contributed by atoms with Crippen LogP contribution >= 0.6 is 0 Å². The molecule has 1 aliphatic carbocycles. The minimum absolute atomic E-state index is 0.131. The third-order valence-electron chi connectivity index (χ3n) is 5.33. The van der Waals surface area contributed by atoms with Crippen LogP contribution in [0.25, 0.3) is 11.1 Å². The van der Waals surface area contributed by atoms with Gasteiger partial charge in [-0.1, -0.05) is 0 Å². The third kappa shape index (κ3) is 3.90. The number of anilines is 1. The lowest BCUT2D eigenvalue weighted by Gasteiger charge is -2.35. The molecule has 6 nitrogen and oxygen atoms in total. The minimum atomic E-state index is -4.47. The fraction of sp³-hybridized carbons (Fsp3) is 0.500. The molecule has 1 saturated carbocycles. The van der Waals surface area contributed by atoms with Crippen molar-refractivity contribution >= 4 is 11.8 Å². The van der Waals surface area contributed by atoms with E-state index in [-0.39, 0.29) is 11.8 Å². The van der Waals surface area contributed by atoms with Crippen molar-refractivity contribution in [3.05, 3.63) is 30.1 Å². The van der Waals surface area contributed by atoms with Crippen molar-refractivity contribution in [1.29, 1.82) is 0 Å². The lowest BCUT2D eigenvalue weighted by molar-refractivity contribution is -0.153. The van der Waals surface area contributed by atoms with Crippen LogP contribution in [0, 0.1) is 0 Å². The van der Waals surface area contributed by atoms with E-state index in [1.807, 2.05) is 17.8 Å². The zero-order valence-corrected chi connectivity index (χ0v) is 16.2. The molecule has 1 aromatic heterocycles. The molecule has 0 unspecified atom stereocenters. The van der Waals surface area contributed by atoms with Crippen molar-refractivity contribution in [2.45, 2.75) is 50.9 Å². The topological polar surface area (TPSA) is 56.6 Å². The predicted octanol–water partition coefficient (Wildman–Crippen LogP) is 4.73. The molecule has 0 bridgehead atoms. The highest BCUT2D eigenvalue weighted by Gasteiger charge is 2.35. The van der Waals surface area contributed by atoms with Crippen molar-refractivity contribution in [2.24, 2.45) is 0 Å². The van der Waals surface area contributed by atoms with Crippen LogP contribution in [0.1, 0.15) is 37.8 Å². The third-order valence-corrected chi connectivity index (χ3v) is 5.33. The molecule has 0 N–H and O–H groups in total. The summed E-state index contributed by atoms with van der Waals surface area (Å²) in [6.45, 7) is 0.477. The summed E-state index contributed by atoms with van der Waals surface area (Å²) in [4.78, 5) is 13.7. The molecular formula is C20H22F3N3O3. The Hall–Kier alpha value is -2.71. The molecule has 1 aromatic carbocycles. The maximum atomic E-state index is 12.9. The molecule has 29 heavy (non-hydrogen) atoms. The summed E-state index contributed by atoms with van der Waals surface area (Å²) >= 11 is 0. The van der Waals surface area contributed by atoms with Gasteiger partial charge in [-0.3, -0.25) is 9.58 Å². The average molecular weight is 409 g/mol. The second kappa shape index (κ2) is 7.27. The van der Waals surface area contributed by atoms with E-state index in [9.17, 15) is 18.0 Å². The fourth-order valence-corrected chi connectivity index (χ4v) is 3.74. The molecule has 0 saturated heterocycles. The number of rotatable bonds is 4. The number of halogens is 3. The van der Waals surface area contributed by atoms with Crippen LogP contribution in [-0.4, -0.2) is 41.8 Å². The maximum Gasteiger partial charge on any atom is 0.422 e. The first kappa shape index (κ1) is 19.6. The molecule has 1 fully saturated rings. The van der Waals surface area contributed by atoms with Crippen molar-refractivity contribution in [3.8, 4) is 16.9 Å². The number of aromatic nitrogens is 2. The Balaban J connectivity index is 1.79. The van der Waals surface area contributed by atoms with Gasteiger partial charge in [0, 0.05) is 28.9 Å². The van der Waals surface area contributed by atoms with E-state index in [0.717, 1.165) is 12.8 Å². The van der Waals surface area contributed by atoms with E-state index >= 15 is 0 Å². The van der Waals surface area contributed by atoms with Crippen molar-refractivity contribution in [3.63, 3.8) is 0 Å². The number of fused-ring (bicyclic) bond motifs is 1. The van der Waals surface area contributed by atoms with Gasteiger partial charge in [0.2, 0.25) is 0 Å².